The Balaban J connectivity index is 1.69. The molecule has 2 heterocycles. The van der Waals surface area contributed by atoms with Gasteiger partial charge in [0.1, 0.15) is 0 Å². The summed E-state index contributed by atoms with van der Waals surface area (Å²) in [6.07, 6.45) is 8.73. The van der Waals surface area contributed by atoms with Crippen LogP contribution in [0.1, 0.15) is 52.4 Å². The van der Waals surface area contributed by atoms with Crippen molar-refractivity contribution in [2.24, 2.45) is 5.92 Å². The van der Waals surface area contributed by atoms with Gasteiger partial charge in [-0.1, -0.05) is 19.8 Å². The van der Waals surface area contributed by atoms with Crippen LogP contribution in [-0.4, -0.2) is 47.6 Å². The summed E-state index contributed by atoms with van der Waals surface area (Å²) in [5.74, 6) is 0.930. The number of fused-ring (bicyclic) bond motifs is 1. The van der Waals surface area contributed by atoms with Crippen molar-refractivity contribution >= 4 is 0 Å². The molecule has 2 heteroatoms. The van der Waals surface area contributed by atoms with Gasteiger partial charge in [-0.3, -0.25) is 9.80 Å². The van der Waals surface area contributed by atoms with Crippen LogP contribution in [0, 0.1) is 5.92 Å². The minimum Gasteiger partial charge on any atom is -0.298 e. The molecule has 98 valence electrons. The summed E-state index contributed by atoms with van der Waals surface area (Å²) in [4.78, 5) is 5.62. The van der Waals surface area contributed by atoms with Gasteiger partial charge in [0.05, 0.1) is 0 Å². The highest BCUT2D eigenvalue weighted by molar-refractivity contribution is 4.94. The van der Waals surface area contributed by atoms with Gasteiger partial charge < -0.3 is 0 Å². The number of hydrogen-bond acceptors (Lipinski definition) is 2. The van der Waals surface area contributed by atoms with Gasteiger partial charge in [0.2, 0.25) is 0 Å². The molecule has 0 radical (unpaired) electrons. The third-order valence-electron chi connectivity index (χ3n) is 5.48. The van der Waals surface area contributed by atoms with E-state index in [0.717, 1.165) is 24.0 Å². The molecule has 2 nitrogen and oxygen atoms in total. The van der Waals surface area contributed by atoms with Crippen LogP contribution in [0.25, 0.3) is 0 Å². The quantitative estimate of drug-likeness (QED) is 0.691. The minimum absolute atomic E-state index is 0.787. The Bertz CT molecular complexity index is 266. The molecule has 0 N–H and O–H groups in total. The Hall–Kier alpha value is -0.0800. The second kappa shape index (κ2) is 4.89. The predicted octanol–water partition coefficient (Wildman–Crippen LogP) is 2.73. The summed E-state index contributed by atoms with van der Waals surface area (Å²) in [5.41, 5.74) is 0. The zero-order valence-corrected chi connectivity index (χ0v) is 11.6. The van der Waals surface area contributed by atoms with Gasteiger partial charge in [-0.15, -0.1) is 0 Å². The van der Waals surface area contributed by atoms with E-state index in [0.29, 0.717) is 0 Å². The van der Waals surface area contributed by atoms with Crippen LogP contribution in [0.2, 0.25) is 0 Å². The zero-order chi connectivity index (χ0) is 11.8. The molecule has 0 aromatic heterocycles. The fourth-order valence-electron chi connectivity index (χ4n) is 4.46. The Morgan fingerprint density at radius 1 is 0.882 bits per heavy atom. The first-order chi connectivity index (χ1) is 8.25. The zero-order valence-electron chi connectivity index (χ0n) is 11.6. The monoisotopic (exact) mass is 236 g/mol. The van der Waals surface area contributed by atoms with Crippen LogP contribution in [-0.2, 0) is 0 Å². The predicted molar refractivity (Wildman–Crippen MR) is 72.2 cm³/mol. The van der Waals surface area contributed by atoms with Crippen LogP contribution in [0.5, 0.6) is 0 Å². The lowest BCUT2D eigenvalue weighted by Gasteiger charge is -2.49. The van der Waals surface area contributed by atoms with Crippen LogP contribution in [0.4, 0.5) is 0 Å². The van der Waals surface area contributed by atoms with Gasteiger partial charge in [-0.25, -0.2) is 0 Å². The molecule has 4 unspecified atom stereocenters. The maximum atomic E-state index is 2.87. The van der Waals surface area contributed by atoms with Crippen molar-refractivity contribution in [1.29, 1.82) is 0 Å². The molecule has 1 aliphatic carbocycles. The Morgan fingerprint density at radius 2 is 1.71 bits per heavy atom. The average molecular weight is 236 g/mol. The third kappa shape index (κ3) is 2.26. The SMILES string of the molecule is CC1CCCCC1N1CC2CCCN2CC1C. The highest BCUT2D eigenvalue weighted by Gasteiger charge is 2.39. The second-order valence-corrected chi connectivity index (χ2v) is 6.67. The first-order valence-electron chi connectivity index (χ1n) is 7.75. The molecule has 0 spiro atoms. The summed E-state index contributed by atoms with van der Waals surface area (Å²) in [6.45, 7) is 8.99. The van der Waals surface area contributed by atoms with Gasteiger partial charge in [0.15, 0.2) is 0 Å². The van der Waals surface area contributed by atoms with Crippen molar-refractivity contribution in [3.63, 3.8) is 0 Å². The molecule has 1 saturated carbocycles. The molecule has 17 heavy (non-hydrogen) atoms. The van der Waals surface area contributed by atoms with Crippen molar-refractivity contribution < 1.29 is 0 Å². The highest BCUT2D eigenvalue weighted by Crippen LogP contribution is 2.33. The molecule has 4 atom stereocenters. The smallest absolute Gasteiger partial charge is 0.0224 e. The van der Waals surface area contributed by atoms with Gasteiger partial charge in [-0.05, 0) is 45.1 Å². The normalized spacial score (nSPS) is 44.8. The Kier molecular flexibility index (Phi) is 3.45. The maximum Gasteiger partial charge on any atom is 0.0224 e. The summed E-state index contributed by atoms with van der Waals surface area (Å²) in [7, 11) is 0. The molecule has 2 saturated heterocycles. The molecule has 2 aliphatic heterocycles. The Labute approximate surface area is 106 Å². The fourth-order valence-corrected chi connectivity index (χ4v) is 4.46. The van der Waals surface area contributed by atoms with Crippen molar-refractivity contribution in [2.75, 3.05) is 19.6 Å². The van der Waals surface area contributed by atoms with E-state index < -0.39 is 0 Å². The first-order valence-corrected chi connectivity index (χ1v) is 7.75. The average Bonchev–Trinajstić information content (AvgIpc) is 2.76. The number of nitrogens with zero attached hydrogens (tertiary/aromatic N) is 2. The summed E-state index contributed by atoms with van der Waals surface area (Å²) < 4.78 is 0. The van der Waals surface area contributed by atoms with E-state index in [2.05, 4.69) is 23.6 Å². The first kappa shape index (κ1) is 12.0. The van der Waals surface area contributed by atoms with Gasteiger partial charge in [0, 0.05) is 31.2 Å². The number of hydrogen-bond donors (Lipinski definition) is 0. The standard InChI is InChI=1S/C15H28N2/c1-12-6-3-4-8-15(12)17-11-14-7-5-9-16(14)10-13(17)2/h12-15H,3-11H2,1-2H3. The molecular weight excluding hydrogens is 208 g/mol. The van der Waals surface area contributed by atoms with Crippen molar-refractivity contribution in [2.45, 2.75) is 70.5 Å². The van der Waals surface area contributed by atoms with Crippen molar-refractivity contribution in [1.82, 2.24) is 9.80 Å². The molecule has 3 rings (SSSR count). The maximum absolute atomic E-state index is 2.87. The molecule has 0 amide bonds. The third-order valence-corrected chi connectivity index (χ3v) is 5.48. The second-order valence-electron chi connectivity index (χ2n) is 6.67. The van der Waals surface area contributed by atoms with E-state index >= 15 is 0 Å². The minimum atomic E-state index is 0.787. The summed E-state index contributed by atoms with van der Waals surface area (Å²) in [5, 5.41) is 0. The molecule has 3 aliphatic rings. The molecule has 3 fully saturated rings. The van der Waals surface area contributed by atoms with E-state index in [1.54, 1.807) is 0 Å². The molecular formula is C15H28N2. The largest absolute Gasteiger partial charge is 0.298 e. The van der Waals surface area contributed by atoms with Gasteiger partial charge in [0.25, 0.3) is 0 Å². The van der Waals surface area contributed by atoms with Gasteiger partial charge in [-0.2, -0.15) is 0 Å². The van der Waals surface area contributed by atoms with Crippen LogP contribution in [0.15, 0.2) is 0 Å². The van der Waals surface area contributed by atoms with Crippen LogP contribution < -0.4 is 0 Å². The number of piperazine rings is 1. The van der Waals surface area contributed by atoms with E-state index in [9.17, 15) is 0 Å². The lowest BCUT2D eigenvalue weighted by Crippen LogP contribution is -2.59. The lowest BCUT2D eigenvalue weighted by atomic mass is 9.83. The molecule has 0 aromatic rings. The number of rotatable bonds is 1. The van der Waals surface area contributed by atoms with Crippen LogP contribution >= 0.6 is 0 Å². The summed E-state index contributed by atoms with van der Waals surface area (Å²) in [6, 6.07) is 2.57. The van der Waals surface area contributed by atoms with Crippen LogP contribution in [0.3, 0.4) is 0 Å². The van der Waals surface area contributed by atoms with Crippen molar-refractivity contribution in [3.05, 3.63) is 0 Å². The van der Waals surface area contributed by atoms with E-state index in [1.807, 2.05) is 0 Å². The van der Waals surface area contributed by atoms with E-state index in [-0.39, 0.29) is 0 Å². The topological polar surface area (TPSA) is 6.48 Å². The summed E-state index contributed by atoms with van der Waals surface area (Å²) >= 11 is 0. The molecule has 0 aromatic carbocycles. The Morgan fingerprint density at radius 3 is 2.53 bits per heavy atom. The lowest BCUT2D eigenvalue weighted by molar-refractivity contribution is -0.00166. The fraction of sp³-hybridized carbons (Fsp3) is 1.00. The highest BCUT2D eigenvalue weighted by atomic mass is 15.3. The molecule has 0 bridgehead atoms. The van der Waals surface area contributed by atoms with Gasteiger partial charge >= 0.3 is 0 Å². The van der Waals surface area contributed by atoms with E-state index in [4.69, 9.17) is 0 Å². The van der Waals surface area contributed by atoms with Crippen molar-refractivity contribution in [3.8, 4) is 0 Å². The van der Waals surface area contributed by atoms with E-state index in [1.165, 1.54) is 58.2 Å².